The molecule has 4 nitrogen and oxygen atoms in total. The van der Waals surface area contributed by atoms with Gasteiger partial charge in [-0.3, -0.25) is 4.79 Å². The van der Waals surface area contributed by atoms with Crippen molar-refractivity contribution >= 4 is 17.3 Å². The molecule has 0 aromatic heterocycles. The topological polar surface area (TPSA) is 41.6 Å². The maximum absolute atomic E-state index is 11.7. The minimum absolute atomic E-state index is 0.220. The maximum atomic E-state index is 11.7. The molecule has 1 aliphatic heterocycles. The average Bonchev–Trinajstić information content (AvgIpc) is 2.76. The van der Waals surface area contributed by atoms with Crippen LogP contribution in [0.5, 0.6) is 0 Å². The highest BCUT2D eigenvalue weighted by Crippen LogP contribution is 2.24. The number of hydrogen-bond donors (Lipinski definition) is 1. The molecule has 0 aliphatic carbocycles. The fourth-order valence-corrected chi connectivity index (χ4v) is 2.26. The minimum Gasteiger partial charge on any atom is -0.383 e. The van der Waals surface area contributed by atoms with Gasteiger partial charge in [0, 0.05) is 37.5 Å². The van der Waals surface area contributed by atoms with Crippen LogP contribution in [0.25, 0.3) is 0 Å². The quantitative estimate of drug-likeness (QED) is 0.869. The smallest absolute Gasteiger partial charge is 0.227 e. The Morgan fingerprint density at radius 3 is 3.00 bits per heavy atom. The van der Waals surface area contributed by atoms with Crippen LogP contribution in [0.3, 0.4) is 0 Å². The molecule has 1 aromatic carbocycles. The Kier molecular flexibility index (Phi) is 4.20. The molecule has 0 radical (unpaired) electrons. The zero-order chi connectivity index (χ0) is 13.0. The lowest BCUT2D eigenvalue weighted by Gasteiger charge is -2.19. The van der Waals surface area contributed by atoms with E-state index in [4.69, 9.17) is 4.74 Å². The molecule has 2 rings (SSSR count). The summed E-state index contributed by atoms with van der Waals surface area (Å²) in [7, 11) is 1.69. The van der Waals surface area contributed by atoms with Crippen LogP contribution in [0.2, 0.25) is 0 Å². The van der Waals surface area contributed by atoms with E-state index in [2.05, 4.69) is 12.2 Å². The van der Waals surface area contributed by atoms with Gasteiger partial charge in [0.05, 0.1) is 6.61 Å². The fourth-order valence-electron chi connectivity index (χ4n) is 2.26. The molecule has 1 amide bonds. The molecule has 1 fully saturated rings. The van der Waals surface area contributed by atoms with Crippen LogP contribution in [0.4, 0.5) is 11.4 Å². The van der Waals surface area contributed by atoms with E-state index in [1.807, 2.05) is 29.2 Å². The van der Waals surface area contributed by atoms with Gasteiger partial charge in [-0.05, 0) is 31.5 Å². The molecule has 98 valence electrons. The average molecular weight is 248 g/mol. The number of nitrogens with one attached hydrogen (secondary N) is 1. The predicted molar refractivity (Wildman–Crippen MR) is 73.0 cm³/mol. The molecular formula is C14H20N2O2. The minimum atomic E-state index is 0.220. The summed E-state index contributed by atoms with van der Waals surface area (Å²) in [4.78, 5) is 13.5. The largest absolute Gasteiger partial charge is 0.383 e. The Hall–Kier alpha value is -1.55. The number of rotatable bonds is 5. The van der Waals surface area contributed by atoms with E-state index in [1.54, 1.807) is 7.11 Å². The number of hydrogen-bond acceptors (Lipinski definition) is 3. The number of amides is 1. The predicted octanol–water partition coefficient (Wildman–Crippen LogP) is 2.26. The van der Waals surface area contributed by atoms with Gasteiger partial charge in [-0.25, -0.2) is 0 Å². The van der Waals surface area contributed by atoms with Crippen molar-refractivity contribution in [1.29, 1.82) is 0 Å². The highest BCUT2D eigenvalue weighted by Gasteiger charge is 2.21. The summed E-state index contributed by atoms with van der Waals surface area (Å²) in [6.45, 7) is 3.56. The van der Waals surface area contributed by atoms with Crippen molar-refractivity contribution in [3.63, 3.8) is 0 Å². The number of nitrogens with zero attached hydrogens (tertiary/aromatic N) is 1. The van der Waals surface area contributed by atoms with E-state index in [1.165, 1.54) is 0 Å². The van der Waals surface area contributed by atoms with Gasteiger partial charge in [-0.1, -0.05) is 6.07 Å². The van der Waals surface area contributed by atoms with Crippen molar-refractivity contribution in [3.8, 4) is 0 Å². The van der Waals surface area contributed by atoms with Gasteiger partial charge >= 0.3 is 0 Å². The Bertz CT molecular complexity index is 420. The maximum Gasteiger partial charge on any atom is 0.227 e. The molecule has 1 N–H and O–H groups in total. The van der Waals surface area contributed by atoms with E-state index in [0.29, 0.717) is 13.0 Å². The molecule has 18 heavy (non-hydrogen) atoms. The first kappa shape index (κ1) is 12.9. The Labute approximate surface area is 108 Å². The van der Waals surface area contributed by atoms with Crippen molar-refractivity contribution in [2.45, 2.75) is 25.8 Å². The van der Waals surface area contributed by atoms with Crippen molar-refractivity contribution in [1.82, 2.24) is 0 Å². The Morgan fingerprint density at radius 1 is 1.50 bits per heavy atom. The van der Waals surface area contributed by atoms with Crippen molar-refractivity contribution in [2.24, 2.45) is 0 Å². The molecule has 0 spiro atoms. The van der Waals surface area contributed by atoms with Crippen LogP contribution in [-0.2, 0) is 9.53 Å². The summed E-state index contributed by atoms with van der Waals surface area (Å²) >= 11 is 0. The lowest BCUT2D eigenvalue weighted by Crippen LogP contribution is -2.24. The lowest BCUT2D eigenvalue weighted by molar-refractivity contribution is -0.117. The Morgan fingerprint density at radius 2 is 2.33 bits per heavy atom. The highest BCUT2D eigenvalue weighted by molar-refractivity contribution is 5.95. The molecule has 1 heterocycles. The van der Waals surface area contributed by atoms with Gasteiger partial charge in [0.2, 0.25) is 5.91 Å². The van der Waals surface area contributed by atoms with Gasteiger partial charge in [0.15, 0.2) is 0 Å². The standard InChI is InChI=1S/C14H20N2O2/c1-11(10-18-2)15-12-5-3-6-13(9-12)16-8-4-7-14(16)17/h3,5-6,9,11,15H,4,7-8,10H2,1-2H3. The van der Waals surface area contributed by atoms with Gasteiger partial charge < -0.3 is 15.0 Å². The first-order chi connectivity index (χ1) is 8.70. The second-order valence-electron chi connectivity index (χ2n) is 4.70. The number of carbonyl (C=O) groups excluding carboxylic acids is 1. The van der Waals surface area contributed by atoms with Crippen molar-refractivity contribution < 1.29 is 9.53 Å². The summed E-state index contributed by atoms with van der Waals surface area (Å²) in [6, 6.07) is 8.24. The summed E-state index contributed by atoms with van der Waals surface area (Å²) in [5.74, 6) is 0.220. The number of methoxy groups -OCH3 is 1. The van der Waals surface area contributed by atoms with Gasteiger partial charge in [-0.2, -0.15) is 0 Å². The van der Waals surface area contributed by atoms with Crippen LogP contribution in [-0.4, -0.2) is 32.2 Å². The highest BCUT2D eigenvalue weighted by atomic mass is 16.5. The zero-order valence-corrected chi connectivity index (χ0v) is 11.0. The van der Waals surface area contributed by atoms with Crippen LogP contribution in [0, 0.1) is 0 Å². The van der Waals surface area contributed by atoms with E-state index in [-0.39, 0.29) is 11.9 Å². The van der Waals surface area contributed by atoms with E-state index in [9.17, 15) is 4.79 Å². The van der Waals surface area contributed by atoms with Gasteiger partial charge in [-0.15, -0.1) is 0 Å². The van der Waals surface area contributed by atoms with E-state index >= 15 is 0 Å². The van der Waals surface area contributed by atoms with Crippen LogP contribution in [0.1, 0.15) is 19.8 Å². The molecule has 1 atom stereocenters. The number of carbonyl (C=O) groups is 1. The van der Waals surface area contributed by atoms with Crippen molar-refractivity contribution in [2.75, 3.05) is 30.5 Å². The molecule has 1 unspecified atom stereocenters. The molecular weight excluding hydrogens is 228 g/mol. The van der Waals surface area contributed by atoms with Crippen molar-refractivity contribution in [3.05, 3.63) is 24.3 Å². The zero-order valence-electron chi connectivity index (χ0n) is 11.0. The van der Waals surface area contributed by atoms with Gasteiger partial charge in [0.25, 0.3) is 0 Å². The molecule has 0 saturated carbocycles. The normalized spacial score (nSPS) is 17.0. The molecule has 1 saturated heterocycles. The third-order valence-corrected chi connectivity index (χ3v) is 3.06. The van der Waals surface area contributed by atoms with E-state index in [0.717, 1.165) is 24.3 Å². The number of anilines is 2. The second-order valence-corrected chi connectivity index (χ2v) is 4.70. The van der Waals surface area contributed by atoms with Crippen LogP contribution >= 0.6 is 0 Å². The monoisotopic (exact) mass is 248 g/mol. The summed E-state index contributed by atoms with van der Waals surface area (Å²) in [5.41, 5.74) is 2.00. The SMILES string of the molecule is COCC(C)Nc1cccc(N2CCCC2=O)c1. The van der Waals surface area contributed by atoms with Gasteiger partial charge in [0.1, 0.15) is 0 Å². The third-order valence-electron chi connectivity index (χ3n) is 3.06. The molecule has 1 aromatic rings. The summed E-state index contributed by atoms with van der Waals surface area (Å²) < 4.78 is 5.10. The Balaban J connectivity index is 2.07. The molecule has 4 heteroatoms. The molecule has 1 aliphatic rings. The summed E-state index contributed by atoms with van der Waals surface area (Å²) in [6.07, 6.45) is 1.62. The third kappa shape index (κ3) is 3.01. The van der Waals surface area contributed by atoms with Crippen LogP contribution < -0.4 is 10.2 Å². The van der Waals surface area contributed by atoms with Crippen LogP contribution in [0.15, 0.2) is 24.3 Å². The molecule has 0 bridgehead atoms. The first-order valence-electron chi connectivity index (χ1n) is 6.36. The van der Waals surface area contributed by atoms with E-state index < -0.39 is 0 Å². The number of ether oxygens (including phenoxy) is 1. The lowest BCUT2D eigenvalue weighted by atomic mass is 10.2. The second kappa shape index (κ2) is 5.87. The first-order valence-corrected chi connectivity index (χ1v) is 6.36. The fraction of sp³-hybridized carbons (Fsp3) is 0.500. The summed E-state index contributed by atoms with van der Waals surface area (Å²) in [5, 5.41) is 3.36. The number of benzene rings is 1.